The fraction of sp³-hybridized carbons (Fsp3) is 0.333. The van der Waals surface area contributed by atoms with E-state index in [9.17, 15) is 0 Å². The number of fused-ring (bicyclic) bond motifs is 1. The van der Waals surface area contributed by atoms with Crippen molar-refractivity contribution in [1.82, 2.24) is 14.9 Å². The van der Waals surface area contributed by atoms with E-state index >= 15 is 0 Å². The van der Waals surface area contributed by atoms with Gasteiger partial charge in [0.25, 0.3) is 0 Å². The van der Waals surface area contributed by atoms with Gasteiger partial charge in [-0.25, -0.2) is 9.97 Å². The molecule has 5 nitrogen and oxygen atoms in total. The molecule has 0 amide bonds. The van der Waals surface area contributed by atoms with Gasteiger partial charge >= 0.3 is 0 Å². The summed E-state index contributed by atoms with van der Waals surface area (Å²) in [5.41, 5.74) is 8.17. The second-order valence-corrected chi connectivity index (χ2v) is 7.08. The van der Waals surface area contributed by atoms with Crippen molar-refractivity contribution in [3.8, 4) is 0 Å². The Labute approximate surface area is 145 Å². The number of rotatable bonds is 3. The van der Waals surface area contributed by atoms with Gasteiger partial charge in [0.2, 0.25) is 0 Å². The van der Waals surface area contributed by atoms with Crippen molar-refractivity contribution in [3.63, 3.8) is 0 Å². The predicted octanol–water partition coefficient (Wildman–Crippen LogP) is 3.16. The zero-order valence-electron chi connectivity index (χ0n) is 13.7. The number of benzene rings is 1. The molecule has 1 aliphatic heterocycles. The van der Waals surface area contributed by atoms with Gasteiger partial charge in [-0.2, -0.15) is 0 Å². The fourth-order valence-electron chi connectivity index (χ4n) is 3.39. The molecule has 3 heterocycles. The molecule has 2 aromatic heterocycles. The van der Waals surface area contributed by atoms with Gasteiger partial charge in [0.15, 0.2) is 0 Å². The number of hydrogen-bond donors (Lipinski definition) is 1. The molecule has 3 aromatic rings. The number of para-hydroxylation sites is 1. The lowest BCUT2D eigenvalue weighted by molar-refractivity contribution is 0.198. The predicted molar refractivity (Wildman–Crippen MR) is 100 cm³/mol. The van der Waals surface area contributed by atoms with Crippen molar-refractivity contribution in [2.24, 2.45) is 0 Å². The van der Waals surface area contributed by atoms with Crippen molar-refractivity contribution in [2.75, 3.05) is 36.8 Å². The Kier molecular flexibility index (Phi) is 4.08. The molecular formula is C18H21N5S. The SMILES string of the molecule is CC(c1nccs1)N1CCN(c2cc(N)nc3ccccc23)CC1. The first-order chi connectivity index (χ1) is 11.7. The summed E-state index contributed by atoms with van der Waals surface area (Å²) < 4.78 is 0. The van der Waals surface area contributed by atoms with Crippen LogP contribution < -0.4 is 10.6 Å². The normalized spacial score (nSPS) is 17.3. The van der Waals surface area contributed by atoms with Crippen LogP contribution in [0.5, 0.6) is 0 Å². The zero-order valence-corrected chi connectivity index (χ0v) is 14.5. The quantitative estimate of drug-likeness (QED) is 0.794. The fourth-order valence-corrected chi connectivity index (χ4v) is 4.11. The number of hydrogen-bond acceptors (Lipinski definition) is 6. The maximum atomic E-state index is 6.02. The second-order valence-electron chi connectivity index (χ2n) is 6.15. The molecule has 1 aromatic carbocycles. The van der Waals surface area contributed by atoms with E-state index in [-0.39, 0.29) is 0 Å². The largest absolute Gasteiger partial charge is 0.384 e. The van der Waals surface area contributed by atoms with Crippen LogP contribution in [-0.4, -0.2) is 41.0 Å². The number of nitrogen functional groups attached to an aromatic ring is 1. The summed E-state index contributed by atoms with van der Waals surface area (Å²) in [6.07, 6.45) is 1.89. The van der Waals surface area contributed by atoms with Gasteiger partial charge in [-0.15, -0.1) is 11.3 Å². The molecule has 1 atom stereocenters. The van der Waals surface area contributed by atoms with Crippen LogP contribution >= 0.6 is 11.3 Å². The highest BCUT2D eigenvalue weighted by Crippen LogP contribution is 2.30. The smallest absolute Gasteiger partial charge is 0.126 e. The number of pyridine rings is 1. The van der Waals surface area contributed by atoms with Crippen molar-refractivity contribution >= 4 is 33.7 Å². The van der Waals surface area contributed by atoms with Gasteiger partial charge in [0.1, 0.15) is 10.8 Å². The molecule has 2 N–H and O–H groups in total. The van der Waals surface area contributed by atoms with Crippen LogP contribution in [0.4, 0.5) is 11.5 Å². The van der Waals surface area contributed by atoms with Gasteiger partial charge in [0.05, 0.1) is 11.6 Å². The van der Waals surface area contributed by atoms with Crippen molar-refractivity contribution < 1.29 is 0 Å². The number of aromatic nitrogens is 2. The lowest BCUT2D eigenvalue weighted by Crippen LogP contribution is -2.47. The minimum absolute atomic E-state index is 0.381. The summed E-state index contributed by atoms with van der Waals surface area (Å²) in [5.74, 6) is 0.585. The number of thiazole rings is 1. The monoisotopic (exact) mass is 339 g/mol. The van der Waals surface area contributed by atoms with Crippen LogP contribution in [0.15, 0.2) is 41.9 Å². The van der Waals surface area contributed by atoms with Crippen molar-refractivity contribution in [2.45, 2.75) is 13.0 Å². The van der Waals surface area contributed by atoms with Crippen LogP contribution in [0.3, 0.4) is 0 Å². The van der Waals surface area contributed by atoms with Crippen molar-refractivity contribution in [3.05, 3.63) is 46.9 Å². The molecule has 1 unspecified atom stereocenters. The first kappa shape index (κ1) is 15.4. The third-order valence-corrected chi connectivity index (χ3v) is 5.67. The van der Waals surface area contributed by atoms with Crippen LogP contribution in [0, 0.1) is 0 Å². The van der Waals surface area contributed by atoms with Gasteiger partial charge in [-0.3, -0.25) is 4.90 Å². The van der Waals surface area contributed by atoms with Crippen LogP contribution in [0.1, 0.15) is 18.0 Å². The lowest BCUT2D eigenvalue weighted by Gasteiger charge is -2.39. The molecule has 24 heavy (non-hydrogen) atoms. The molecule has 1 saturated heterocycles. The van der Waals surface area contributed by atoms with Crippen molar-refractivity contribution in [1.29, 1.82) is 0 Å². The van der Waals surface area contributed by atoms with Gasteiger partial charge < -0.3 is 10.6 Å². The Hall–Kier alpha value is -2.18. The van der Waals surface area contributed by atoms with E-state index in [0.29, 0.717) is 11.9 Å². The Bertz CT molecular complexity index is 825. The minimum Gasteiger partial charge on any atom is -0.384 e. The maximum absolute atomic E-state index is 6.02. The van der Waals surface area contributed by atoms with E-state index in [1.807, 2.05) is 29.8 Å². The first-order valence-corrected chi connectivity index (χ1v) is 9.14. The van der Waals surface area contributed by atoms with E-state index in [1.54, 1.807) is 11.3 Å². The summed E-state index contributed by atoms with van der Waals surface area (Å²) in [4.78, 5) is 13.8. The molecule has 0 bridgehead atoms. The Morgan fingerprint density at radius 3 is 2.71 bits per heavy atom. The van der Waals surface area contributed by atoms with E-state index in [1.165, 1.54) is 16.1 Å². The van der Waals surface area contributed by atoms with Gasteiger partial charge in [0, 0.05) is 54.9 Å². The molecule has 4 rings (SSSR count). The summed E-state index contributed by atoms with van der Waals surface area (Å²) in [6.45, 7) is 6.27. The third-order valence-electron chi connectivity index (χ3n) is 4.73. The van der Waals surface area contributed by atoms with Crippen LogP contribution in [-0.2, 0) is 0 Å². The average molecular weight is 339 g/mol. The number of anilines is 2. The Morgan fingerprint density at radius 1 is 1.17 bits per heavy atom. The Morgan fingerprint density at radius 2 is 1.96 bits per heavy atom. The highest BCUT2D eigenvalue weighted by Gasteiger charge is 2.24. The van der Waals surface area contributed by atoms with Crippen LogP contribution in [0.2, 0.25) is 0 Å². The molecular weight excluding hydrogens is 318 g/mol. The summed E-state index contributed by atoms with van der Waals surface area (Å²) in [7, 11) is 0. The highest BCUT2D eigenvalue weighted by atomic mass is 32.1. The summed E-state index contributed by atoms with van der Waals surface area (Å²) in [6, 6.07) is 10.6. The van der Waals surface area contributed by atoms with E-state index in [4.69, 9.17) is 5.73 Å². The molecule has 0 spiro atoms. The van der Waals surface area contributed by atoms with E-state index in [2.05, 4.69) is 38.8 Å². The molecule has 6 heteroatoms. The third kappa shape index (κ3) is 2.83. The van der Waals surface area contributed by atoms with Gasteiger partial charge in [-0.1, -0.05) is 18.2 Å². The molecule has 0 saturated carbocycles. The minimum atomic E-state index is 0.381. The standard InChI is InChI=1S/C18H21N5S/c1-13(18-20-6-11-24-18)22-7-9-23(10-8-22)16-12-17(19)21-15-5-3-2-4-14(15)16/h2-6,11-13H,7-10H2,1H3,(H2,19,21). The average Bonchev–Trinajstić information content (AvgIpc) is 3.15. The number of nitrogens with zero attached hydrogens (tertiary/aromatic N) is 4. The summed E-state index contributed by atoms with van der Waals surface area (Å²) in [5, 5.41) is 4.42. The molecule has 124 valence electrons. The van der Waals surface area contributed by atoms with Gasteiger partial charge in [-0.05, 0) is 13.0 Å². The van der Waals surface area contributed by atoms with E-state index in [0.717, 1.165) is 31.7 Å². The zero-order chi connectivity index (χ0) is 16.5. The molecule has 1 aliphatic rings. The Balaban J connectivity index is 1.54. The number of nitrogens with two attached hydrogens (primary N) is 1. The first-order valence-electron chi connectivity index (χ1n) is 8.26. The number of piperazine rings is 1. The molecule has 0 radical (unpaired) electrons. The highest BCUT2D eigenvalue weighted by molar-refractivity contribution is 7.09. The van der Waals surface area contributed by atoms with E-state index < -0.39 is 0 Å². The molecule has 1 fully saturated rings. The summed E-state index contributed by atoms with van der Waals surface area (Å²) >= 11 is 1.73. The topological polar surface area (TPSA) is 58.3 Å². The second kappa shape index (κ2) is 6.37. The lowest BCUT2D eigenvalue weighted by atomic mass is 10.1. The maximum Gasteiger partial charge on any atom is 0.126 e. The van der Waals surface area contributed by atoms with Crippen LogP contribution in [0.25, 0.3) is 10.9 Å². The molecule has 0 aliphatic carbocycles.